The minimum absolute atomic E-state index is 0.651. The molecule has 0 unspecified atom stereocenters. The first-order chi connectivity index (χ1) is 7.63. The number of rotatable bonds is 6. The SMILES string of the molecule is C=C(OCCN(C)C)c1ccc(OC)cc1. The van der Waals surface area contributed by atoms with Gasteiger partial charge in [0, 0.05) is 12.1 Å². The van der Waals surface area contributed by atoms with Gasteiger partial charge in [0.1, 0.15) is 18.1 Å². The molecule has 0 spiro atoms. The molecule has 16 heavy (non-hydrogen) atoms. The highest BCUT2D eigenvalue weighted by Crippen LogP contribution is 2.17. The standard InChI is InChI=1S/C13H19NO2/c1-11(16-10-9-14(2)3)12-5-7-13(15-4)8-6-12/h5-8H,1,9-10H2,2-4H3. The molecule has 88 valence electrons. The molecule has 0 saturated heterocycles. The minimum atomic E-state index is 0.651. The average Bonchev–Trinajstić information content (AvgIpc) is 2.28. The van der Waals surface area contributed by atoms with E-state index in [0.717, 1.165) is 17.9 Å². The fourth-order valence-electron chi connectivity index (χ4n) is 1.21. The Labute approximate surface area is 97.3 Å². The maximum absolute atomic E-state index is 5.54. The molecule has 0 radical (unpaired) electrons. The van der Waals surface area contributed by atoms with E-state index in [1.165, 1.54) is 0 Å². The molecule has 0 heterocycles. The Morgan fingerprint density at radius 1 is 1.25 bits per heavy atom. The Morgan fingerprint density at radius 2 is 1.88 bits per heavy atom. The van der Waals surface area contributed by atoms with Gasteiger partial charge in [-0.1, -0.05) is 6.58 Å². The fourth-order valence-corrected chi connectivity index (χ4v) is 1.21. The summed E-state index contributed by atoms with van der Waals surface area (Å²) in [6, 6.07) is 7.68. The van der Waals surface area contributed by atoms with E-state index in [-0.39, 0.29) is 0 Å². The van der Waals surface area contributed by atoms with Crippen molar-refractivity contribution in [2.75, 3.05) is 34.4 Å². The third-order valence-corrected chi connectivity index (χ3v) is 2.23. The summed E-state index contributed by atoms with van der Waals surface area (Å²) in [5.74, 6) is 1.54. The Bertz CT molecular complexity index is 330. The van der Waals surface area contributed by atoms with Crippen LogP contribution in [0.15, 0.2) is 30.8 Å². The highest BCUT2D eigenvalue weighted by molar-refractivity contribution is 5.58. The molecule has 3 nitrogen and oxygen atoms in total. The van der Waals surface area contributed by atoms with Gasteiger partial charge >= 0.3 is 0 Å². The van der Waals surface area contributed by atoms with Gasteiger partial charge in [-0.25, -0.2) is 0 Å². The minimum Gasteiger partial charge on any atom is -0.497 e. The van der Waals surface area contributed by atoms with Crippen molar-refractivity contribution < 1.29 is 9.47 Å². The molecular formula is C13H19NO2. The van der Waals surface area contributed by atoms with E-state index in [4.69, 9.17) is 9.47 Å². The molecule has 1 rings (SSSR count). The van der Waals surface area contributed by atoms with Gasteiger partial charge in [-0.2, -0.15) is 0 Å². The van der Waals surface area contributed by atoms with Crippen LogP contribution in [-0.4, -0.2) is 39.3 Å². The van der Waals surface area contributed by atoms with Crippen molar-refractivity contribution in [1.29, 1.82) is 0 Å². The number of nitrogens with zero attached hydrogens (tertiary/aromatic N) is 1. The first-order valence-corrected chi connectivity index (χ1v) is 5.24. The lowest BCUT2D eigenvalue weighted by Crippen LogP contribution is -2.17. The van der Waals surface area contributed by atoms with Gasteiger partial charge in [-0.3, -0.25) is 0 Å². The summed E-state index contributed by atoms with van der Waals surface area (Å²) in [7, 11) is 5.68. The van der Waals surface area contributed by atoms with Crippen molar-refractivity contribution >= 4 is 5.76 Å². The molecule has 0 atom stereocenters. The summed E-state index contributed by atoms with van der Waals surface area (Å²) < 4.78 is 10.6. The van der Waals surface area contributed by atoms with Crippen LogP contribution in [0.4, 0.5) is 0 Å². The zero-order valence-electron chi connectivity index (χ0n) is 10.2. The van der Waals surface area contributed by atoms with E-state index in [9.17, 15) is 0 Å². The predicted octanol–water partition coefficient (Wildman–Crippen LogP) is 2.24. The summed E-state index contributed by atoms with van der Waals surface area (Å²) in [6.07, 6.45) is 0. The molecule has 1 aromatic rings. The quantitative estimate of drug-likeness (QED) is 0.688. The summed E-state index contributed by atoms with van der Waals surface area (Å²) >= 11 is 0. The van der Waals surface area contributed by atoms with Crippen LogP contribution in [0.5, 0.6) is 5.75 Å². The Balaban J connectivity index is 2.46. The van der Waals surface area contributed by atoms with Crippen LogP contribution in [0.1, 0.15) is 5.56 Å². The van der Waals surface area contributed by atoms with Gasteiger partial charge in [0.2, 0.25) is 0 Å². The van der Waals surface area contributed by atoms with Crippen LogP contribution in [0.2, 0.25) is 0 Å². The van der Waals surface area contributed by atoms with Crippen molar-refractivity contribution in [3.63, 3.8) is 0 Å². The van der Waals surface area contributed by atoms with Crippen molar-refractivity contribution in [3.8, 4) is 5.75 Å². The summed E-state index contributed by atoms with van der Waals surface area (Å²) in [6.45, 7) is 5.43. The Kier molecular flexibility index (Phi) is 4.86. The molecule has 0 aliphatic carbocycles. The Morgan fingerprint density at radius 3 is 2.38 bits per heavy atom. The highest BCUT2D eigenvalue weighted by Gasteiger charge is 2.00. The molecule has 0 bridgehead atoms. The second-order valence-electron chi connectivity index (χ2n) is 3.80. The number of hydrogen-bond acceptors (Lipinski definition) is 3. The molecule has 3 heteroatoms. The van der Waals surface area contributed by atoms with Gasteiger partial charge in [0.15, 0.2) is 0 Å². The molecule has 0 amide bonds. The van der Waals surface area contributed by atoms with Gasteiger partial charge in [0.05, 0.1) is 7.11 Å². The molecular weight excluding hydrogens is 202 g/mol. The lowest BCUT2D eigenvalue weighted by atomic mass is 10.2. The third-order valence-electron chi connectivity index (χ3n) is 2.23. The normalized spacial score (nSPS) is 10.2. The third kappa shape index (κ3) is 3.95. The monoisotopic (exact) mass is 221 g/mol. The van der Waals surface area contributed by atoms with E-state index in [0.29, 0.717) is 12.4 Å². The van der Waals surface area contributed by atoms with Gasteiger partial charge in [0.25, 0.3) is 0 Å². The van der Waals surface area contributed by atoms with E-state index < -0.39 is 0 Å². The second kappa shape index (κ2) is 6.18. The van der Waals surface area contributed by atoms with E-state index in [1.54, 1.807) is 7.11 Å². The maximum atomic E-state index is 5.54. The zero-order valence-corrected chi connectivity index (χ0v) is 10.2. The van der Waals surface area contributed by atoms with Crippen LogP contribution in [0, 0.1) is 0 Å². The van der Waals surface area contributed by atoms with E-state index in [2.05, 4.69) is 11.5 Å². The van der Waals surface area contributed by atoms with E-state index in [1.807, 2.05) is 38.4 Å². The molecule has 0 aliphatic rings. The lowest BCUT2D eigenvalue weighted by molar-refractivity contribution is 0.233. The van der Waals surface area contributed by atoms with Crippen molar-refractivity contribution in [1.82, 2.24) is 4.90 Å². The van der Waals surface area contributed by atoms with Crippen molar-refractivity contribution in [2.45, 2.75) is 0 Å². The molecule has 0 saturated carbocycles. The fraction of sp³-hybridized carbons (Fsp3) is 0.385. The van der Waals surface area contributed by atoms with Gasteiger partial charge in [-0.05, 0) is 38.4 Å². The summed E-state index contributed by atoms with van der Waals surface area (Å²) in [5.41, 5.74) is 0.986. The zero-order chi connectivity index (χ0) is 12.0. The van der Waals surface area contributed by atoms with E-state index >= 15 is 0 Å². The van der Waals surface area contributed by atoms with Crippen LogP contribution in [0.3, 0.4) is 0 Å². The molecule has 0 aliphatic heterocycles. The highest BCUT2D eigenvalue weighted by atomic mass is 16.5. The predicted molar refractivity (Wildman–Crippen MR) is 66.5 cm³/mol. The molecule has 0 N–H and O–H groups in total. The topological polar surface area (TPSA) is 21.7 Å². The molecule has 1 aromatic carbocycles. The van der Waals surface area contributed by atoms with Gasteiger partial charge in [-0.15, -0.1) is 0 Å². The maximum Gasteiger partial charge on any atom is 0.119 e. The number of likely N-dealkylation sites (N-methyl/N-ethyl adjacent to an activating group) is 1. The summed E-state index contributed by atoms with van der Waals surface area (Å²) in [5, 5.41) is 0. The van der Waals surface area contributed by atoms with Crippen LogP contribution in [-0.2, 0) is 4.74 Å². The van der Waals surface area contributed by atoms with Crippen molar-refractivity contribution in [2.24, 2.45) is 0 Å². The first kappa shape index (κ1) is 12.6. The van der Waals surface area contributed by atoms with Gasteiger partial charge < -0.3 is 14.4 Å². The molecule has 0 aromatic heterocycles. The largest absolute Gasteiger partial charge is 0.497 e. The number of ether oxygens (including phenoxy) is 2. The smallest absolute Gasteiger partial charge is 0.119 e. The lowest BCUT2D eigenvalue weighted by Gasteiger charge is -2.13. The van der Waals surface area contributed by atoms with Crippen LogP contribution < -0.4 is 4.74 Å². The first-order valence-electron chi connectivity index (χ1n) is 5.24. The molecule has 0 fully saturated rings. The number of methoxy groups -OCH3 is 1. The average molecular weight is 221 g/mol. The van der Waals surface area contributed by atoms with Crippen molar-refractivity contribution in [3.05, 3.63) is 36.4 Å². The Hall–Kier alpha value is -1.48. The number of benzene rings is 1. The van der Waals surface area contributed by atoms with Crippen LogP contribution in [0.25, 0.3) is 5.76 Å². The summed E-state index contributed by atoms with van der Waals surface area (Å²) in [4.78, 5) is 2.07. The number of hydrogen-bond donors (Lipinski definition) is 0. The second-order valence-corrected chi connectivity index (χ2v) is 3.80. The van der Waals surface area contributed by atoms with Crippen LogP contribution >= 0.6 is 0 Å².